The minimum atomic E-state index is 0.0958. The quantitative estimate of drug-likeness (QED) is 0.877. The number of nitrogens with zero attached hydrogens (tertiary/aromatic N) is 4. The second kappa shape index (κ2) is 7.87. The van der Waals surface area contributed by atoms with Gasteiger partial charge in [0.25, 0.3) is 0 Å². The normalized spacial score (nSPS) is 20.2. The lowest BCUT2D eigenvalue weighted by atomic mass is 9.95. The molecule has 24 heavy (non-hydrogen) atoms. The summed E-state index contributed by atoms with van der Waals surface area (Å²) in [5, 5.41) is 12.2. The van der Waals surface area contributed by atoms with Crippen LogP contribution in [0.4, 0.5) is 0 Å². The molecule has 0 saturated carbocycles. The van der Waals surface area contributed by atoms with Crippen LogP contribution in [0.2, 0.25) is 0 Å². The molecule has 1 atom stereocenters. The van der Waals surface area contributed by atoms with Crippen molar-refractivity contribution in [3.8, 4) is 0 Å². The van der Waals surface area contributed by atoms with Gasteiger partial charge >= 0.3 is 0 Å². The van der Waals surface area contributed by atoms with Gasteiger partial charge in [-0.25, -0.2) is 0 Å². The van der Waals surface area contributed by atoms with Crippen LogP contribution in [0.25, 0.3) is 0 Å². The van der Waals surface area contributed by atoms with E-state index in [0.29, 0.717) is 17.7 Å². The van der Waals surface area contributed by atoms with Gasteiger partial charge in [0.2, 0.25) is 5.91 Å². The Morgan fingerprint density at radius 3 is 2.71 bits per heavy atom. The van der Waals surface area contributed by atoms with Crippen molar-refractivity contribution in [2.75, 3.05) is 25.4 Å². The van der Waals surface area contributed by atoms with Crippen molar-refractivity contribution in [2.45, 2.75) is 57.9 Å². The number of amides is 1. The molecule has 6 nitrogen and oxygen atoms in total. The number of hydrogen-bond donors (Lipinski definition) is 1. The molecule has 0 aliphatic carbocycles. The average Bonchev–Trinajstić information content (AvgIpc) is 3.03. The zero-order valence-electron chi connectivity index (χ0n) is 15.0. The van der Waals surface area contributed by atoms with Crippen LogP contribution in [0.3, 0.4) is 0 Å². The smallest absolute Gasteiger partial charge is 0.235 e. The molecule has 1 aromatic rings. The molecular weight excluding hydrogens is 322 g/mol. The number of nitrogens with one attached hydrogen (secondary N) is 1. The first kappa shape index (κ1) is 17.7. The van der Waals surface area contributed by atoms with Crippen molar-refractivity contribution < 1.29 is 4.79 Å². The van der Waals surface area contributed by atoms with Crippen LogP contribution in [-0.2, 0) is 17.9 Å². The zero-order valence-corrected chi connectivity index (χ0v) is 15.8. The molecule has 0 radical (unpaired) electrons. The number of carbonyl (C=O) groups is 1. The van der Waals surface area contributed by atoms with Gasteiger partial charge in [-0.15, -0.1) is 22.0 Å². The number of piperidine rings is 1. The third kappa shape index (κ3) is 3.61. The highest BCUT2D eigenvalue weighted by molar-refractivity contribution is 8.00. The lowest BCUT2D eigenvalue weighted by Gasteiger charge is -2.35. The summed E-state index contributed by atoms with van der Waals surface area (Å²) in [6.45, 7) is 10.9. The van der Waals surface area contributed by atoms with Crippen molar-refractivity contribution >= 4 is 17.7 Å². The third-order valence-corrected chi connectivity index (χ3v) is 6.46. The minimum absolute atomic E-state index is 0.0958. The highest BCUT2D eigenvalue weighted by atomic mass is 32.2. The summed E-state index contributed by atoms with van der Waals surface area (Å²) in [5.74, 6) is 4.31. The fraction of sp³-hybridized carbons (Fsp3) is 0.824. The summed E-state index contributed by atoms with van der Waals surface area (Å²) >= 11 is 1.78. The molecule has 1 N–H and O–H groups in total. The van der Waals surface area contributed by atoms with Crippen molar-refractivity contribution in [1.82, 2.24) is 25.0 Å². The number of fused-ring (bicyclic) bond motifs is 1. The summed E-state index contributed by atoms with van der Waals surface area (Å²) in [4.78, 5) is 14.9. The molecule has 0 aromatic carbocycles. The second-order valence-corrected chi connectivity index (χ2v) is 8.44. The number of rotatable bonds is 5. The van der Waals surface area contributed by atoms with E-state index in [0.717, 1.165) is 63.0 Å². The molecule has 134 valence electrons. The standard InChI is InChI=1S/C17H29N5OS/c1-4-24-15(12(2)3)17(23)21-8-5-13(6-9-21)16-20-19-14-11-18-7-10-22(14)16/h12-13,15,18H,4-11H2,1-3H3. The predicted octanol–water partition coefficient (Wildman–Crippen LogP) is 1.86. The fourth-order valence-corrected chi connectivity index (χ4v) is 4.72. The van der Waals surface area contributed by atoms with Gasteiger partial charge in [-0.05, 0) is 24.5 Å². The van der Waals surface area contributed by atoms with Gasteiger partial charge < -0.3 is 14.8 Å². The van der Waals surface area contributed by atoms with Gasteiger partial charge in [0, 0.05) is 32.1 Å². The zero-order chi connectivity index (χ0) is 17.1. The topological polar surface area (TPSA) is 63.1 Å². The Labute approximate surface area is 148 Å². The van der Waals surface area contributed by atoms with Crippen LogP contribution in [0, 0.1) is 5.92 Å². The molecule has 2 aliphatic rings. The molecule has 3 heterocycles. The molecule has 7 heteroatoms. The Morgan fingerprint density at radius 2 is 2.04 bits per heavy atom. The monoisotopic (exact) mass is 351 g/mol. The Balaban J connectivity index is 1.61. The molecule has 1 saturated heterocycles. The van der Waals surface area contributed by atoms with Gasteiger partial charge in [-0.2, -0.15) is 0 Å². The Kier molecular flexibility index (Phi) is 5.81. The van der Waals surface area contributed by atoms with Crippen LogP contribution in [0.1, 0.15) is 51.2 Å². The first-order valence-corrected chi connectivity index (χ1v) is 10.2. The highest BCUT2D eigenvalue weighted by Gasteiger charge is 2.32. The van der Waals surface area contributed by atoms with Crippen molar-refractivity contribution in [1.29, 1.82) is 0 Å². The molecule has 1 amide bonds. The van der Waals surface area contributed by atoms with Gasteiger partial charge in [0.15, 0.2) is 0 Å². The molecule has 1 fully saturated rings. The van der Waals surface area contributed by atoms with Gasteiger partial charge in [0.05, 0.1) is 11.8 Å². The number of carbonyl (C=O) groups excluding carboxylic acids is 1. The van der Waals surface area contributed by atoms with E-state index in [2.05, 4.69) is 45.8 Å². The van der Waals surface area contributed by atoms with Gasteiger partial charge in [0.1, 0.15) is 11.6 Å². The SMILES string of the molecule is CCSC(C(=O)N1CCC(c2nnc3n2CCNC3)CC1)C(C)C. The lowest BCUT2D eigenvalue weighted by Crippen LogP contribution is -2.44. The highest BCUT2D eigenvalue weighted by Crippen LogP contribution is 2.30. The molecular formula is C17H29N5OS. The van der Waals surface area contributed by atoms with E-state index in [1.165, 1.54) is 0 Å². The fourth-order valence-electron chi connectivity index (χ4n) is 3.68. The van der Waals surface area contributed by atoms with Crippen LogP contribution < -0.4 is 5.32 Å². The number of thioether (sulfide) groups is 1. The van der Waals surface area contributed by atoms with Crippen LogP contribution in [0.5, 0.6) is 0 Å². The maximum absolute atomic E-state index is 12.8. The Hall–Kier alpha value is -1.08. The largest absolute Gasteiger partial charge is 0.342 e. The lowest BCUT2D eigenvalue weighted by molar-refractivity contribution is -0.132. The van der Waals surface area contributed by atoms with E-state index in [9.17, 15) is 4.79 Å². The van der Waals surface area contributed by atoms with Crippen LogP contribution >= 0.6 is 11.8 Å². The number of likely N-dealkylation sites (tertiary alicyclic amines) is 1. The molecule has 1 aromatic heterocycles. The minimum Gasteiger partial charge on any atom is -0.342 e. The molecule has 2 aliphatic heterocycles. The van der Waals surface area contributed by atoms with Crippen molar-refractivity contribution in [2.24, 2.45) is 5.92 Å². The van der Waals surface area contributed by atoms with Gasteiger partial charge in [-0.3, -0.25) is 4.79 Å². The second-order valence-electron chi connectivity index (χ2n) is 7.02. The van der Waals surface area contributed by atoms with Gasteiger partial charge in [-0.1, -0.05) is 20.8 Å². The maximum atomic E-state index is 12.8. The van der Waals surface area contributed by atoms with E-state index >= 15 is 0 Å². The Morgan fingerprint density at radius 1 is 1.29 bits per heavy atom. The van der Waals surface area contributed by atoms with Crippen LogP contribution in [-0.4, -0.2) is 56.2 Å². The van der Waals surface area contributed by atoms with E-state index in [4.69, 9.17) is 0 Å². The molecule has 3 rings (SSSR count). The van der Waals surface area contributed by atoms with E-state index in [1.54, 1.807) is 11.8 Å². The predicted molar refractivity (Wildman–Crippen MR) is 97.0 cm³/mol. The summed E-state index contributed by atoms with van der Waals surface area (Å²) < 4.78 is 2.28. The van der Waals surface area contributed by atoms with E-state index in [-0.39, 0.29) is 5.25 Å². The number of hydrogen-bond acceptors (Lipinski definition) is 5. The average molecular weight is 352 g/mol. The first-order chi connectivity index (χ1) is 11.6. The summed E-state index contributed by atoms with van der Waals surface area (Å²) in [6.07, 6.45) is 2.00. The third-order valence-electron chi connectivity index (χ3n) is 5.02. The Bertz CT molecular complexity index is 565. The molecule has 0 spiro atoms. The molecule has 0 bridgehead atoms. The summed E-state index contributed by atoms with van der Waals surface area (Å²) in [7, 11) is 0. The number of aromatic nitrogens is 3. The summed E-state index contributed by atoms with van der Waals surface area (Å²) in [5.41, 5.74) is 0. The van der Waals surface area contributed by atoms with Crippen molar-refractivity contribution in [3.05, 3.63) is 11.6 Å². The van der Waals surface area contributed by atoms with Crippen LogP contribution in [0.15, 0.2) is 0 Å². The van der Waals surface area contributed by atoms with E-state index in [1.807, 2.05) is 0 Å². The van der Waals surface area contributed by atoms with E-state index < -0.39 is 0 Å². The summed E-state index contributed by atoms with van der Waals surface area (Å²) in [6, 6.07) is 0. The first-order valence-electron chi connectivity index (χ1n) is 9.14. The molecule has 1 unspecified atom stereocenters. The van der Waals surface area contributed by atoms with Crippen molar-refractivity contribution in [3.63, 3.8) is 0 Å². The maximum Gasteiger partial charge on any atom is 0.235 e.